The lowest BCUT2D eigenvalue weighted by atomic mass is 9.85. The molecule has 1 saturated heterocycles. The average molecular weight is 364 g/mol. The lowest BCUT2D eigenvalue weighted by Crippen LogP contribution is -2.39. The van der Waals surface area contributed by atoms with Crippen LogP contribution < -0.4 is 0 Å². The molecule has 0 bridgehead atoms. The van der Waals surface area contributed by atoms with Crippen LogP contribution in [0.4, 0.5) is 0 Å². The molecule has 4 rings (SSSR count). The first-order valence-corrected chi connectivity index (χ1v) is 9.36. The molecule has 0 N–H and O–H groups in total. The van der Waals surface area contributed by atoms with Crippen LogP contribution in [0, 0.1) is 11.8 Å². The summed E-state index contributed by atoms with van der Waals surface area (Å²) in [6.45, 7) is 1.69. The van der Waals surface area contributed by atoms with Crippen molar-refractivity contribution in [1.29, 1.82) is 0 Å². The summed E-state index contributed by atoms with van der Waals surface area (Å²) in [4.78, 5) is 28.6. The molecule has 1 aromatic heterocycles. The van der Waals surface area contributed by atoms with Gasteiger partial charge in [0.05, 0.1) is 31.2 Å². The number of amides is 2. The number of benzene rings is 1. The summed E-state index contributed by atoms with van der Waals surface area (Å²) >= 11 is 0. The minimum Gasteiger partial charge on any atom is -0.284 e. The Hall–Kier alpha value is -2.73. The molecule has 2 atom stereocenters. The Labute approximate surface area is 159 Å². The number of rotatable bonds is 6. The molecule has 1 aliphatic heterocycles. The Morgan fingerprint density at radius 3 is 2.37 bits per heavy atom. The molecule has 2 aromatic rings. The third kappa shape index (κ3) is 3.71. The van der Waals surface area contributed by atoms with Gasteiger partial charge in [0.2, 0.25) is 11.8 Å². The third-order valence-corrected chi connectivity index (χ3v) is 5.31. The van der Waals surface area contributed by atoms with Crippen molar-refractivity contribution in [2.75, 3.05) is 13.7 Å². The zero-order valence-electron chi connectivity index (χ0n) is 15.5. The van der Waals surface area contributed by atoms with Crippen molar-refractivity contribution in [3.8, 4) is 0 Å². The van der Waals surface area contributed by atoms with Gasteiger partial charge >= 0.3 is 0 Å². The van der Waals surface area contributed by atoms with Gasteiger partial charge in [-0.2, -0.15) is 5.10 Å². The second kappa shape index (κ2) is 7.48. The highest BCUT2D eigenvalue weighted by Gasteiger charge is 2.47. The third-order valence-electron chi connectivity index (χ3n) is 5.31. The molecule has 0 radical (unpaired) electrons. The van der Waals surface area contributed by atoms with Gasteiger partial charge in [-0.15, -0.1) is 0 Å². The molecule has 0 unspecified atom stereocenters. The molecule has 0 saturated carbocycles. The number of nitrogens with zero attached hydrogens (tertiary/aromatic N) is 4. The maximum atomic E-state index is 12.6. The molecule has 1 fully saturated rings. The van der Waals surface area contributed by atoms with E-state index < -0.39 is 0 Å². The minimum atomic E-state index is -0.162. The predicted molar refractivity (Wildman–Crippen MR) is 101 cm³/mol. The molecule has 6 nitrogen and oxygen atoms in total. The molecule has 1 aromatic carbocycles. The van der Waals surface area contributed by atoms with Gasteiger partial charge in [-0.25, -0.2) is 0 Å². The fraction of sp³-hybridized carbons (Fsp3) is 0.381. The minimum absolute atomic E-state index is 0.0269. The second-order valence-corrected chi connectivity index (χ2v) is 7.45. The van der Waals surface area contributed by atoms with E-state index in [4.69, 9.17) is 0 Å². The average Bonchev–Trinajstić information content (AvgIpc) is 3.21. The first-order valence-electron chi connectivity index (χ1n) is 9.36. The van der Waals surface area contributed by atoms with Crippen LogP contribution >= 0.6 is 0 Å². The summed E-state index contributed by atoms with van der Waals surface area (Å²) in [5.74, 6) is -0.379. The lowest BCUT2D eigenvalue weighted by Gasteiger charge is -2.22. The SMILES string of the molecule is CN(Cc1cnn(Cc2ccccc2)c1)CN1C(=O)[C@H]2CC=CC[C@@H]2C1=O. The number of hydrogen-bond acceptors (Lipinski definition) is 4. The van der Waals surface area contributed by atoms with Gasteiger partial charge in [0, 0.05) is 18.3 Å². The van der Waals surface area contributed by atoms with Gasteiger partial charge in [-0.1, -0.05) is 42.5 Å². The molecule has 2 aliphatic rings. The summed E-state index contributed by atoms with van der Waals surface area (Å²) in [7, 11) is 1.93. The molecular weight excluding hydrogens is 340 g/mol. The van der Waals surface area contributed by atoms with E-state index in [2.05, 4.69) is 17.2 Å². The van der Waals surface area contributed by atoms with E-state index >= 15 is 0 Å². The highest BCUT2D eigenvalue weighted by Crippen LogP contribution is 2.35. The van der Waals surface area contributed by atoms with Crippen LogP contribution in [0.5, 0.6) is 0 Å². The maximum Gasteiger partial charge on any atom is 0.234 e. The highest BCUT2D eigenvalue weighted by atomic mass is 16.2. The monoisotopic (exact) mass is 364 g/mol. The van der Waals surface area contributed by atoms with Crippen molar-refractivity contribution in [3.63, 3.8) is 0 Å². The van der Waals surface area contributed by atoms with E-state index in [0.29, 0.717) is 26.1 Å². The number of hydrogen-bond donors (Lipinski definition) is 0. The van der Waals surface area contributed by atoms with Crippen LogP contribution in [0.15, 0.2) is 54.9 Å². The summed E-state index contributed by atoms with van der Waals surface area (Å²) in [6, 6.07) is 10.2. The molecule has 2 amide bonds. The van der Waals surface area contributed by atoms with E-state index in [-0.39, 0.29) is 23.7 Å². The smallest absolute Gasteiger partial charge is 0.234 e. The van der Waals surface area contributed by atoms with Gasteiger partial charge in [0.25, 0.3) is 0 Å². The van der Waals surface area contributed by atoms with Crippen molar-refractivity contribution < 1.29 is 9.59 Å². The number of fused-ring (bicyclic) bond motifs is 1. The number of likely N-dealkylation sites (tertiary alicyclic amines) is 1. The summed E-state index contributed by atoms with van der Waals surface area (Å²) in [5, 5.41) is 4.42. The molecule has 6 heteroatoms. The van der Waals surface area contributed by atoms with Crippen LogP contribution in [0.2, 0.25) is 0 Å². The number of imide groups is 1. The quantitative estimate of drug-likeness (QED) is 0.583. The maximum absolute atomic E-state index is 12.6. The van der Waals surface area contributed by atoms with Gasteiger partial charge in [0.1, 0.15) is 0 Å². The number of aromatic nitrogens is 2. The Bertz CT molecular complexity index is 832. The lowest BCUT2D eigenvalue weighted by molar-refractivity contribution is -0.142. The van der Waals surface area contributed by atoms with E-state index in [0.717, 1.165) is 12.1 Å². The molecule has 2 heterocycles. The summed E-state index contributed by atoms with van der Waals surface area (Å²) in [5.41, 5.74) is 2.26. The van der Waals surface area contributed by atoms with Crippen LogP contribution in [0.25, 0.3) is 0 Å². The fourth-order valence-electron chi connectivity index (χ4n) is 3.96. The summed E-state index contributed by atoms with van der Waals surface area (Å²) in [6.07, 6.45) is 9.25. The van der Waals surface area contributed by atoms with Crippen LogP contribution in [-0.2, 0) is 22.7 Å². The predicted octanol–water partition coefficient (Wildman–Crippen LogP) is 2.27. The normalized spacial score (nSPS) is 21.9. The first kappa shape index (κ1) is 17.7. The van der Waals surface area contributed by atoms with Gasteiger partial charge < -0.3 is 0 Å². The molecule has 0 spiro atoms. The van der Waals surface area contributed by atoms with E-state index in [1.54, 1.807) is 0 Å². The molecule has 140 valence electrons. The van der Waals surface area contributed by atoms with Gasteiger partial charge in [-0.3, -0.25) is 24.1 Å². The van der Waals surface area contributed by atoms with Crippen molar-refractivity contribution in [3.05, 3.63) is 66.0 Å². The number of allylic oxidation sites excluding steroid dienone is 2. The van der Waals surface area contributed by atoms with Crippen LogP contribution in [0.1, 0.15) is 24.0 Å². The van der Waals surface area contributed by atoms with Crippen molar-refractivity contribution in [1.82, 2.24) is 19.6 Å². The van der Waals surface area contributed by atoms with Crippen molar-refractivity contribution in [2.24, 2.45) is 11.8 Å². The molecular formula is C21H24N4O2. The largest absolute Gasteiger partial charge is 0.284 e. The van der Waals surface area contributed by atoms with Gasteiger partial charge in [0.15, 0.2) is 0 Å². The van der Waals surface area contributed by atoms with E-state index in [1.165, 1.54) is 10.5 Å². The Kier molecular flexibility index (Phi) is 4.90. The standard InChI is InChI=1S/C21H24N4O2/c1-23(15-25-20(26)18-9-5-6-10-19(18)21(25)27)12-17-11-22-24(14-17)13-16-7-3-2-4-8-16/h2-8,11,14,18-19H,9-10,12-13,15H2,1H3/t18-,19-/m0/s1. The zero-order chi connectivity index (χ0) is 18.8. The van der Waals surface area contributed by atoms with Crippen LogP contribution in [-0.4, -0.2) is 45.1 Å². The highest BCUT2D eigenvalue weighted by molar-refractivity contribution is 6.05. The van der Waals surface area contributed by atoms with Crippen molar-refractivity contribution in [2.45, 2.75) is 25.9 Å². The van der Waals surface area contributed by atoms with E-state index in [9.17, 15) is 9.59 Å². The number of carbonyl (C=O) groups excluding carboxylic acids is 2. The molecule has 27 heavy (non-hydrogen) atoms. The second-order valence-electron chi connectivity index (χ2n) is 7.45. The Morgan fingerprint density at radius 1 is 1.04 bits per heavy atom. The van der Waals surface area contributed by atoms with Crippen molar-refractivity contribution >= 4 is 11.8 Å². The Morgan fingerprint density at radius 2 is 1.70 bits per heavy atom. The summed E-state index contributed by atoms with van der Waals surface area (Å²) < 4.78 is 1.91. The van der Waals surface area contributed by atoms with Crippen LogP contribution in [0.3, 0.4) is 0 Å². The number of carbonyl (C=O) groups is 2. The molecule has 1 aliphatic carbocycles. The van der Waals surface area contributed by atoms with E-state index in [1.807, 2.05) is 59.4 Å². The zero-order valence-corrected chi connectivity index (χ0v) is 15.5. The Balaban J connectivity index is 1.35. The first-order chi connectivity index (χ1) is 13.1. The van der Waals surface area contributed by atoms with Gasteiger partial charge in [-0.05, 0) is 25.5 Å². The topological polar surface area (TPSA) is 58.4 Å². The fourth-order valence-corrected chi connectivity index (χ4v) is 3.96.